The van der Waals surface area contributed by atoms with Crippen LogP contribution in [0.15, 0.2) is 18.2 Å². The number of carbonyl (C=O) groups is 2. The third-order valence-electron chi connectivity index (χ3n) is 1.83. The van der Waals surface area contributed by atoms with Crippen molar-refractivity contribution in [2.24, 2.45) is 0 Å². The lowest BCUT2D eigenvalue weighted by Crippen LogP contribution is -2.08. The highest BCUT2D eigenvalue weighted by Crippen LogP contribution is 2.23. The zero-order chi connectivity index (χ0) is 12.1. The van der Waals surface area contributed by atoms with Crippen LogP contribution in [-0.4, -0.2) is 23.6 Å². The number of hydrogen-bond acceptors (Lipinski definition) is 3. The molecule has 1 rings (SSSR count). The van der Waals surface area contributed by atoms with Crippen LogP contribution in [0.3, 0.4) is 0 Å². The number of nitrogens with one attached hydrogen (secondary N) is 1. The van der Waals surface area contributed by atoms with Crippen molar-refractivity contribution in [3.63, 3.8) is 0 Å². The molecule has 0 aliphatic rings. The van der Waals surface area contributed by atoms with E-state index in [1.165, 1.54) is 25.1 Å². The second-order valence-electron chi connectivity index (χ2n) is 3.13. The lowest BCUT2D eigenvalue weighted by atomic mass is 10.2. The maximum absolute atomic E-state index is 10.9. The standard InChI is InChI=1S/C11H13NO4/c1-3-16-10-6-8(12-7(2)13)4-5-9(10)11(14)15/h4-6H,3H2,1-2H3,(H,12,13)(H,14,15). The fourth-order valence-electron chi connectivity index (χ4n) is 1.25. The Labute approximate surface area is 93.0 Å². The second kappa shape index (κ2) is 5.16. The summed E-state index contributed by atoms with van der Waals surface area (Å²) in [5.41, 5.74) is 0.594. The molecular weight excluding hydrogens is 210 g/mol. The van der Waals surface area contributed by atoms with E-state index in [4.69, 9.17) is 9.84 Å². The van der Waals surface area contributed by atoms with Gasteiger partial charge in [0, 0.05) is 18.7 Å². The van der Waals surface area contributed by atoms with E-state index in [2.05, 4.69) is 5.32 Å². The first-order valence-electron chi connectivity index (χ1n) is 4.82. The molecule has 0 saturated heterocycles. The lowest BCUT2D eigenvalue weighted by Gasteiger charge is -2.09. The van der Waals surface area contributed by atoms with Gasteiger partial charge in [0.05, 0.1) is 6.61 Å². The van der Waals surface area contributed by atoms with Crippen LogP contribution in [-0.2, 0) is 4.79 Å². The molecule has 0 aliphatic carbocycles. The largest absolute Gasteiger partial charge is 0.493 e. The fraction of sp³-hybridized carbons (Fsp3) is 0.273. The van der Waals surface area contributed by atoms with E-state index in [0.29, 0.717) is 12.3 Å². The molecule has 0 bridgehead atoms. The molecule has 5 heteroatoms. The Balaban J connectivity index is 3.06. The van der Waals surface area contributed by atoms with E-state index in [1.54, 1.807) is 6.92 Å². The number of carboxylic acid groups (broad SMARTS) is 1. The predicted molar refractivity (Wildman–Crippen MR) is 58.9 cm³/mol. The molecule has 0 radical (unpaired) electrons. The van der Waals surface area contributed by atoms with Crippen LogP contribution in [0.2, 0.25) is 0 Å². The summed E-state index contributed by atoms with van der Waals surface area (Å²) in [6.45, 7) is 3.51. The lowest BCUT2D eigenvalue weighted by molar-refractivity contribution is -0.114. The number of amides is 1. The van der Waals surface area contributed by atoms with Crippen LogP contribution >= 0.6 is 0 Å². The van der Waals surface area contributed by atoms with Crippen LogP contribution in [0.4, 0.5) is 5.69 Å². The molecule has 1 aromatic rings. The molecule has 16 heavy (non-hydrogen) atoms. The van der Waals surface area contributed by atoms with Gasteiger partial charge in [0.1, 0.15) is 11.3 Å². The number of anilines is 1. The summed E-state index contributed by atoms with van der Waals surface area (Å²) in [7, 11) is 0. The van der Waals surface area contributed by atoms with Crippen LogP contribution < -0.4 is 10.1 Å². The van der Waals surface area contributed by atoms with Gasteiger partial charge in [-0.1, -0.05) is 0 Å². The maximum atomic E-state index is 10.9. The Morgan fingerprint density at radius 3 is 2.62 bits per heavy atom. The van der Waals surface area contributed by atoms with Crippen LogP contribution in [0.25, 0.3) is 0 Å². The third-order valence-corrected chi connectivity index (χ3v) is 1.83. The molecule has 0 spiro atoms. The molecule has 0 aliphatic heterocycles. The van der Waals surface area contributed by atoms with Gasteiger partial charge < -0.3 is 15.2 Å². The predicted octanol–water partition coefficient (Wildman–Crippen LogP) is 1.74. The second-order valence-corrected chi connectivity index (χ2v) is 3.13. The van der Waals surface area contributed by atoms with Gasteiger partial charge in [-0.2, -0.15) is 0 Å². The molecule has 0 fully saturated rings. The molecule has 1 amide bonds. The summed E-state index contributed by atoms with van der Waals surface area (Å²) in [5.74, 6) is -1.02. The first-order chi connectivity index (χ1) is 7.54. The number of aromatic carboxylic acids is 1. The minimum absolute atomic E-state index is 0.0796. The summed E-state index contributed by atoms with van der Waals surface area (Å²) in [5, 5.41) is 11.5. The van der Waals surface area contributed by atoms with Gasteiger partial charge in [-0.25, -0.2) is 4.79 Å². The van der Waals surface area contributed by atoms with Gasteiger partial charge in [0.15, 0.2) is 0 Å². The Kier molecular flexibility index (Phi) is 3.88. The van der Waals surface area contributed by atoms with Crippen molar-refractivity contribution in [1.29, 1.82) is 0 Å². The van der Waals surface area contributed by atoms with Gasteiger partial charge in [0.25, 0.3) is 0 Å². The zero-order valence-corrected chi connectivity index (χ0v) is 9.11. The van der Waals surface area contributed by atoms with Crippen LogP contribution in [0.1, 0.15) is 24.2 Å². The van der Waals surface area contributed by atoms with E-state index in [-0.39, 0.29) is 17.2 Å². The highest BCUT2D eigenvalue weighted by Gasteiger charge is 2.11. The average molecular weight is 223 g/mol. The molecule has 0 saturated carbocycles. The van der Waals surface area contributed by atoms with Crippen molar-refractivity contribution in [3.8, 4) is 5.75 Å². The van der Waals surface area contributed by atoms with E-state index in [1.807, 2.05) is 0 Å². The summed E-state index contributed by atoms with van der Waals surface area (Å²) in [4.78, 5) is 21.7. The summed E-state index contributed by atoms with van der Waals surface area (Å²) >= 11 is 0. The highest BCUT2D eigenvalue weighted by molar-refractivity contribution is 5.93. The Morgan fingerprint density at radius 2 is 2.12 bits per heavy atom. The van der Waals surface area contributed by atoms with E-state index in [9.17, 15) is 9.59 Å². The first-order valence-corrected chi connectivity index (χ1v) is 4.82. The van der Waals surface area contributed by atoms with E-state index < -0.39 is 5.97 Å². The van der Waals surface area contributed by atoms with Gasteiger partial charge in [0.2, 0.25) is 5.91 Å². The number of carboxylic acids is 1. The minimum atomic E-state index is -1.06. The quantitative estimate of drug-likeness (QED) is 0.815. The van der Waals surface area contributed by atoms with Crippen molar-refractivity contribution >= 4 is 17.6 Å². The average Bonchev–Trinajstić information content (AvgIpc) is 2.17. The van der Waals surface area contributed by atoms with Gasteiger partial charge >= 0.3 is 5.97 Å². The summed E-state index contributed by atoms with van der Waals surface area (Å²) in [6.07, 6.45) is 0. The SMILES string of the molecule is CCOc1cc(NC(C)=O)ccc1C(=O)O. The molecule has 5 nitrogen and oxygen atoms in total. The van der Waals surface area contributed by atoms with Crippen molar-refractivity contribution in [1.82, 2.24) is 0 Å². The number of carbonyl (C=O) groups excluding carboxylic acids is 1. The summed E-state index contributed by atoms with van der Waals surface area (Å²) in [6, 6.07) is 4.42. The third kappa shape index (κ3) is 2.98. The van der Waals surface area contributed by atoms with Crippen LogP contribution in [0.5, 0.6) is 5.75 Å². The maximum Gasteiger partial charge on any atom is 0.339 e. The molecule has 86 valence electrons. The van der Waals surface area contributed by atoms with Gasteiger partial charge in [-0.05, 0) is 19.1 Å². The monoisotopic (exact) mass is 223 g/mol. The number of hydrogen-bond donors (Lipinski definition) is 2. The number of ether oxygens (including phenoxy) is 1. The number of benzene rings is 1. The molecule has 2 N–H and O–H groups in total. The van der Waals surface area contributed by atoms with E-state index in [0.717, 1.165) is 0 Å². The minimum Gasteiger partial charge on any atom is -0.493 e. The van der Waals surface area contributed by atoms with Crippen molar-refractivity contribution in [2.45, 2.75) is 13.8 Å². The van der Waals surface area contributed by atoms with Gasteiger partial charge in [-0.15, -0.1) is 0 Å². The molecule has 0 unspecified atom stereocenters. The smallest absolute Gasteiger partial charge is 0.339 e. The normalized spacial score (nSPS) is 9.62. The van der Waals surface area contributed by atoms with Gasteiger partial charge in [-0.3, -0.25) is 4.79 Å². The molecule has 0 aromatic heterocycles. The number of rotatable bonds is 4. The molecular formula is C11H13NO4. The van der Waals surface area contributed by atoms with E-state index >= 15 is 0 Å². The molecule has 0 atom stereocenters. The zero-order valence-electron chi connectivity index (χ0n) is 9.11. The topological polar surface area (TPSA) is 75.6 Å². The van der Waals surface area contributed by atoms with Crippen molar-refractivity contribution in [2.75, 3.05) is 11.9 Å². The molecule has 1 aromatic carbocycles. The molecule has 0 heterocycles. The van der Waals surface area contributed by atoms with Crippen molar-refractivity contribution < 1.29 is 19.4 Å². The fourth-order valence-corrected chi connectivity index (χ4v) is 1.25. The van der Waals surface area contributed by atoms with Crippen molar-refractivity contribution in [3.05, 3.63) is 23.8 Å². The Bertz CT molecular complexity index is 414. The highest BCUT2D eigenvalue weighted by atomic mass is 16.5. The summed E-state index contributed by atoms with van der Waals surface area (Å²) < 4.78 is 5.19. The Hall–Kier alpha value is -2.04. The van der Waals surface area contributed by atoms with Crippen LogP contribution in [0, 0.1) is 0 Å². The first kappa shape index (κ1) is 12.0. The Morgan fingerprint density at radius 1 is 1.44 bits per heavy atom.